The lowest BCUT2D eigenvalue weighted by atomic mass is 10.1. The molecule has 0 radical (unpaired) electrons. The first-order chi connectivity index (χ1) is 19.1. The number of hydrogen-bond donors (Lipinski definition) is 1. The molecule has 3 rings (SSSR count). The summed E-state index contributed by atoms with van der Waals surface area (Å²) < 4.78 is 39.7. The Labute approximate surface area is 244 Å². The van der Waals surface area contributed by atoms with Crippen molar-refractivity contribution in [3.8, 4) is 11.5 Å². The van der Waals surface area contributed by atoms with Gasteiger partial charge in [-0.25, -0.2) is 8.42 Å². The number of likely N-dealkylation sites (N-methyl/N-ethyl adjacent to an activating group) is 1. The van der Waals surface area contributed by atoms with E-state index in [1.165, 1.54) is 44.4 Å². The van der Waals surface area contributed by atoms with E-state index in [0.717, 1.165) is 4.31 Å². The van der Waals surface area contributed by atoms with Crippen molar-refractivity contribution in [3.05, 3.63) is 82.3 Å². The molecule has 0 aliphatic rings. The number of carbonyl (C=O) groups excluding carboxylic acids is 2. The second-order valence-electron chi connectivity index (χ2n) is 8.67. The molecule has 0 saturated heterocycles. The summed E-state index contributed by atoms with van der Waals surface area (Å²) in [5.41, 5.74) is 0.711. The second kappa shape index (κ2) is 13.7. The van der Waals surface area contributed by atoms with Crippen LogP contribution in [0.4, 0.5) is 5.69 Å². The van der Waals surface area contributed by atoms with E-state index in [0.29, 0.717) is 16.3 Å². The summed E-state index contributed by atoms with van der Waals surface area (Å²) in [6.45, 7) is 1.12. The number of methoxy groups -OCH3 is 2. The summed E-state index contributed by atoms with van der Waals surface area (Å²) in [6.07, 6.45) is 0.278. The maximum Gasteiger partial charge on any atom is 0.264 e. The summed E-state index contributed by atoms with van der Waals surface area (Å²) in [6, 6.07) is 16.4. The van der Waals surface area contributed by atoms with E-state index >= 15 is 0 Å². The maximum absolute atomic E-state index is 14.0. The van der Waals surface area contributed by atoms with Crippen LogP contribution in [0.2, 0.25) is 10.0 Å². The monoisotopic (exact) mass is 607 g/mol. The minimum absolute atomic E-state index is 0.0177. The number of amides is 2. The molecule has 0 heterocycles. The Kier molecular flexibility index (Phi) is 10.7. The number of hydrogen-bond acceptors (Lipinski definition) is 6. The number of halogens is 2. The van der Waals surface area contributed by atoms with Crippen molar-refractivity contribution in [1.82, 2.24) is 10.2 Å². The zero-order chi connectivity index (χ0) is 29.4. The highest BCUT2D eigenvalue weighted by Crippen LogP contribution is 2.36. The van der Waals surface area contributed by atoms with E-state index in [1.54, 1.807) is 55.5 Å². The highest BCUT2D eigenvalue weighted by Gasteiger charge is 2.34. The topological polar surface area (TPSA) is 105 Å². The van der Waals surface area contributed by atoms with Crippen LogP contribution in [0.1, 0.15) is 18.9 Å². The van der Waals surface area contributed by atoms with E-state index in [2.05, 4.69) is 5.32 Å². The van der Waals surface area contributed by atoms with E-state index in [9.17, 15) is 18.0 Å². The fourth-order valence-electron chi connectivity index (χ4n) is 4.15. The number of nitrogens with zero attached hydrogens (tertiary/aromatic N) is 2. The van der Waals surface area contributed by atoms with Crippen LogP contribution < -0.4 is 19.1 Å². The molecule has 0 fully saturated rings. The normalized spacial score (nSPS) is 11.8. The fraction of sp³-hybridized carbons (Fsp3) is 0.286. The average Bonchev–Trinajstić information content (AvgIpc) is 2.97. The van der Waals surface area contributed by atoms with Crippen molar-refractivity contribution in [2.24, 2.45) is 0 Å². The van der Waals surface area contributed by atoms with Crippen molar-refractivity contribution >= 4 is 50.7 Å². The Bertz CT molecular complexity index is 1450. The molecule has 40 heavy (non-hydrogen) atoms. The summed E-state index contributed by atoms with van der Waals surface area (Å²) in [4.78, 5) is 28.2. The third kappa shape index (κ3) is 6.99. The van der Waals surface area contributed by atoms with Crippen LogP contribution in [0.3, 0.4) is 0 Å². The van der Waals surface area contributed by atoms with Gasteiger partial charge in [-0.3, -0.25) is 13.9 Å². The average molecular weight is 609 g/mol. The number of nitrogens with one attached hydrogen (secondary N) is 1. The molecular formula is C28H31Cl2N3O6S. The predicted molar refractivity (Wildman–Crippen MR) is 156 cm³/mol. The molecule has 1 atom stereocenters. The van der Waals surface area contributed by atoms with Crippen molar-refractivity contribution in [1.29, 1.82) is 0 Å². The lowest BCUT2D eigenvalue weighted by molar-refractivity contribution is -0.140. The Morgan fingerprint density at radius 2 is 1.65 bits per heavy atom. The molecule has 3 aromatic carbocycles. The van der Waals surface area contributed by atoms with Crippen LogP contribution in [0, 0.1) is 0 Å². The molecule has 12 heteroatoms. The Morgan fingerprint density at radius 1 is 0.950 bits per heavy atom. The van der Waals surface area contributed by atoms with Gasteiger partial charge in [-0.05, 0) is 48.4 Å². The van der Waals surface area contributed by atoms with E-state index in [-0.39, 0.29) is 34.3 Å². The summed E-state index contributed by atoms with van der Waals surface area (Å²) >= 11 is 12.3. The molecule has 0 saturated carbocycles. The fourth-order valence-corrected chi connectivity index (χ4v) is 5.90. The smallest absolute Gasteiger partial charge is 0.264 e. The standard InChI is InChI=1S/C28H31Cl2N3O6S/c1-5-24(28(35)31-2)32(17-19-11-13-22(29)23(30)15-19)27(34)18-33(40(36,37)21-9-7-6-8-10-21)25-16-20(38-3)12-14-26(25)39-4/h6-16,24H,5,17-18H2,1-4H3,(H,31,35)/t24-/m0/s1. The van der Waals surface area contributed by atoms with Gasteiger partial charge >= 0.3 is 0 Å². The number of rotatable bonds is 12. The molecule has 0 aliphatic heterocycles. The number of anilines is 1. The van der Waals surface area contributed by atoms with Crippen molar-refractivity contribution in [2.75, 3.05) is 32.1 Å². The van der Waals surface area contributed by atoms with Crippen LogP contribution in [0.25, 0.3) is 0 Å². The summed E-state index contributed by atoms with van der Waals surface area (Å²) in [5.74, 6) is -0.443. The van der Waals surface area contributed by atoms with Gasteiger partial charge < -0.3 is 19.7 Å². The maximum atomic E-state index is 14.0. The Hall–Kier alpha value is -3.47. The van der Waals surface area contributed by atoms with E-state index in [4.69, 9.17) is 32.7 Å². The van der Waals surface area contributed by atoms with Gasteiger partial charge in [0.25, 0.3) is 10.0 Å². The zero-order valence-electron chi connectivity index (χ0n) is 22.6. The first-order valence-electron chi connectivity index (χ1n) is 12.3. The van der Waals surface area contributed by atoms with Gasteiger partial charge in [0.15, 0.2) is 0 Å². The third-order valence-electron chi connectivity index (χ3n) is 6.23. The van der Waals surface area contributed by atoms with Gasteiger partial charge in [0.1, 0.15) is 24.1 Å². The first kappa shape index (κ1) is 31.1. The molecule has 1 N–H and O–H groups in total. The molecule has 3 aromatic rings. The second-order valence-corrected chi connectivity index (χ2v) is 11.3. The summed E-state index contributed by atoms with van der Waals surface area (Å²) in [5, 5.41) is 3.21. The zero-order valence-corrected chi connectivity index (χ0v) is 24.9. The molecule has 0 aliphatic carbocycles. The lowest BCUT2D eigenvalue weighted by Gasteiger charge is -2.33. The molecule has 9 nitrogen and oxygen atoms in total. The van der Waals surface area contributed by atoms with E-state index < -0.39 is 34.4 Å². The SMILES string of the molecule is CC[C@@H](C(=O)NC)N(Cc1ccc(Cl)c(Cl)c1)C(=O)CN(c1cc(OC)ccc1OC)S(=O)(=O)c1ccccc1. The van der Waals surface area contributed by atoms with E-state index in [1.807, 2.05) is 0 Å². The van der Waals surface area contributed by atoms with Crippen LogP contribution in [-0.2, 0) is 26.2 Å². The number of carbonyl (C=O) groups is 2. The van der Waals surface area contributed by atoms with Crippen LogP contribution in [0.15, 0.2) is 71.6 Å². The minimum Gasteiger partial charge on any atom is -0.497 e. The highest BCUT2D eigenvalue weighted by atomic mass is 35.5. The molecule has 2 amide bonds. The van der Waals surface area contributed by atoms with Gasteiger partial charge in [-0.15, -0.1) is 0 Å². The van der Waals surface area contributed by atoms with Crippen molar-refractivity contribution in [2.45, 2.75) is 30.8 Å². The van der Waals surface area contributed by atoms with Crippen LogP contribution >= 0.6 is 23.2 Å². The predicted octanol–water partition coefficient (Wildman–Crippen LogP) is 4.76. The highest BCUT2D eigenvalue weighted by molar-refractivity contribution is 7.92. The van der Waals surface area contributed by atoms with Crippen molar-refractivity contribution < 1.29 is 27.5 Å². The first-order valence-corrected chi connectivity index (χ1v) is 14.5. The van der Waals surface area contributed by atoms with Gasteiger partial charge in [-0.1, -0.05) is 54.4 Å². The molecule has 214 valence electrons. The van der Waals surface area contributed by atoms with Crippen LogP contribution in [0.5, 0.6) is 11.5 Å². The number of sulfonamides is 1. The molecule has 0 spiro atoms. The molecule has 0 bridgehead atoms. The Morgan fingerprint density at radius 3 is 2.23 bits per heavy atom. The van der Waals surface area contributed by atoms with Gasteiger partial charge in [0.2, 0.25) is 11.8 Å². The third-order valence-corrected chi connectivity index (χ3v) is 8.75. The van der Waals surface area contributed by atoms with Crippen molar-refractivity contribution in [3.63, 3.8) is 0 Å². The molecular weight excluding hydrogens is 577 g/mol. The van der Waals surface area contributed by atoms with Gasteiger partial charge in [0.05, 0.1) is 34.8 Å². The summed E-state index contributed by atoms with van der Waals surface area (Å²) in [7, 11) is 0.0437. The van der Waals surface area contributed by atoms with Gasteiger partial charge in [-0.2, -0.15) is 0 Å². The Balaban J connectivity index is 2.15. The molecule has 0 unspecified atom stereocenters. The number of benzene rings is 3. The van der Waals surface area contributed by atoms with Crippen LogP contribution in [-0.4, -0.2) is 59.0 Å². The largest absolute Gasteiger partial charge is 0.497 e. The number of ether oxygens (including phenoxy) is 2. The lowest BCUT2D eigenvalue weighted by Crippen LogP contribution is -2.51. The minimum atomic E-state index is -4.27. The molecule has 0 aromatic heterocycles. The quantitative estimate of drug-likeness (QED) is 0.318. The van der Waals surface area contributed by atoms with Gasteiger partial charge in [0, 0.05) is 19.7 Å².